The molecule has 1 amide bonds. The Morgan fingerprint density at radius 1 is 1.09 bits per heavy atom. The van der Waals surface area contributed by atoms with Crippen LogP contribution in [-0.4, -0.2) is 13.0 Å². The minimum absolute atomic E-state index is 0. The van der Waals surface area contributed by atoms with Crippen LogP contribution >= 0.6 is 0 Å². The summed E-state index contributed by atoms with van der Waals surface area (Å²) in [6.45, 7) is 17.2. The van der Waals surface area contributed by atoms with Gasteiger partial charge in [-0.1, -0.05) is 59.3 Å². The van der Waals surface area contributed by atoms with Crippen LogP contribution in [0.5, 0.6) is 0 Å². The first-order valence-electron chi connectivity index (χ1n) is 8.32. The standard InChI is InChI=1S/C11H16N2O.C8H18.K/c1-6-11(14)13-10(8(2)3)7-9(4)12-5;1-3-5-7-8-6-4-2;/h2,12H,4,6H2,1,3,5H3,(H,13,14);3-8H2,1-2H3;/q-2;;+1. The van der Waals surface area contributed by atoms with Crippen molar-refractivity contribution in [2.75, 3.05) is 7.05 Å². The van der Waals surface area contributed by atoms with Crippen molar-refractivity contribution in [3.63, 3.8) is 0 Å². The Hall–Kier alpha value is 0.126. The zero-order valence-electron chi connectivity index (χ0n) is 16.1. The van der Waals surface area contributed by atoms with E-state index in [0.717, 1.165) is 0 Å². The van der Waals surface area contributed by atoms with Gasteiger partial charge in [0.15, 0.2) is 0 Å². The Bertz CT molecular complexity index is 356. The van der Waals surface area contributed by atoms with Gasteiger partial charge in [0, 0.05) is 13.5 Å². The zero-order chi connectivity index (χ0) is 17.4. The van der Waals surface area contributed by atoms with Gasteiger partial charge >= 0.3 is 51.4 Å². The van der Waals surface area contributed by atoms with Crippen molar-refractivity contribution in [1.29, 1.82) is 0 Å². The summed E-state index contributed by atoms with van der Waals surface area (Å²) in [6.07, 6.45) is 11.7. The van der Waals surface area contributed by atoms with Crippen LogP contribution in [0.15, 0.2) is 23.5 Å². The largest absolute Gasteiger partial charge is 1.00 e. The first-order chi connectivity index (χ1) is 10.4. The maximum Gasteiger partial charge on any atom is 1.00 e. The fraction of sp³-hybridized carbons (Fsp3) is 0.632. The Balaban J connectivity index is -0.000000382. The normalized spacial score (nSPS) is 9.87. The van der Waals surface area contributed by atoms with E-state index in [1.807, 2.05) is 0 Å². The minimum Gasteiger partial charge on any atom is -0.427 e. The molecular weight excluding hydrogens is 311 g/mol. The fourth-order valence-corrected chi connectivity index (χ4v) is 1.52. The number of nitrogens with one attached hydrogen (secondary N) is 2. The SMILES string of the molecule is CCCCCCCC.[CH-]=C(C)C(=[C-]C(=C)NC)NC(=O)CC.[K+]. The quantitative estimate of drug-likeness (QED) is 0.274. The molecule has 0 aromatic rings. The van der Waals surface area contributed by atoms with Crippen LogP contribution in [0, 0.1) is 12.7 Å². The first kappa shape index (κ1) is 28.0. The average molecular weight is 346 g/mol. The van der Waals surface area contributed by atoms with Gasteiger partial charge in [-0.25, -0.2) is 11.8 Å². The number of allylic oxidation sites excluding steroid dienone is 2. The second-order valence-electron chi connectivity index (χ2n) is 5.23. The summed E-state index contributed by atoms with van der Waals surface area (Å²) in [5.41, 5.74) is 1.54. The maximum atomic E-state index is 11.1. The molecule has 0 aliphatic heterocycles. The third-order valence-corrected chi connectivity index (χ3v) is 3.01. The van der Waals surface area contributed by atoms with Gasteiger partial charge in [-0.2, -0.15) is 6.58 Å². The molecule has 0 aromatic heterocycles. The number of carbonyl (C=O) groups excluding carboxylic acids is 1. The molecule has 2 N–H and O–H groups in total. The Morgan fingerprint density at radius 2 is 1.57 bits per heavy atom. The summed E-state index contributed by atoms with van der Waals surface area (Å²) in [5.74, 6) is -0.0961. The van der Waals surface area contributed by atoms with Gasteiger partial charge in [0.05, 0.1) is 0 Å². The topological polar surface area (TPSA) is 41.1 Å². The molecule has 0 aromatic carbocycles. The molecule has 0 fully saturated rings. The monoisotopic (exact) mass is 345 g/mol. The molecule has 0 heterocycles. The number of hydrogen-bond donors (Lipinski definition) is 2. The Labute approximate surface area is 186 Å². The first-order valence-corrected chi connectivity index (χ1v) is 8.32. The number of unbranched alkanes of at least 4 members (excludes halogenated alkanes) is 5. The van der Waals surface area contributed by atoms with E-state index in [9.17, 15) is 4.79 Å². The third kappa shape index (κ3) is 20.1. The van der Waals surface area contributed by atoms with Crippen molar-refractivity contribution in [2.45, 2.75) is 72.6 Å². The van der Waals surface area contributed by atoms with Crippen LogP contribution in [0.2, 0.25) is 0 Å². The van der Waals surface area contributed by atoms with Crippen LogP contribution in [-0.2, 0) is 4.79 Å². The van der Waals surface area contributed by atoms with Crippen LogP contribution in [0.25, 0.3) is 0 Å². The van der Waals surface area contributed by atoms with Crippen molar-refractivity contribution in [3.05, 3.63) is 36.2 Å². The summed E-state index contributed by atoms with van der Waals surface area (Å²) >= 11 is 0. The molecule has 3 nitrogen and oxygen atoms in total. The third-order valence-electron chi connectivity index (χ3n) is 3.01. The molecule has 0 saturated carbocycles. The number of amides is 1. The predicted octanol–water partition coefficient (Wildman–Crippen LogP) is 1.68. The fourth-order valence-electron chi connectivity index (χ4n) is 1.52. The van der Waals surface area contributed by atoms with Gasteiger partial charge in [0.1, 0.15) is 0 Å². The Morgan fingerprint density at radius 3 is 1.87 bits per heavy atom. The van der Waals surface area contributed by atoms with Gasteiger partial charge in [0.2, 0.25) is 5.91 Å². The van der Waals surface area contributed by atoms with E-state index in [1.54, 1.807) is 20.9 Å². The summed E-state index contributed by atoms with van der Waals surface area (Å²) in [4.78, 5) is 11.1. The number of carbonyl (C=O) groups is 1. The van der Waals surface area contributed by atoms with Gasteiger partial charge in [-0.05, 0) is 0 Å². The van der Waals surface area contributed by atoms with Crippen molar-refractivity contribution in [3.8, 4) is 0 Å². The molecule has 0 rings (SSSR count). The smallest absolute Gasteiger partial charge is 0.427 e. The molecule has 0 saturated heterocycles. The summed E-state index contributed by atoms with van der Waals surface area (Å²) < 4.78 is 0. The Kier molecular flexibility index (Phi) is 24.5. The minimum atomic E-state index is -0.0961. The molecule has 4 heteroatoms. The van der Waals surface area contributed by atoms with E-state index >= 15 is 0 Å². The van der Waals surface area contributed by atoms with E-state index in [2.05, 4.69) is 37.1 Å². The van der Waals surface area contributed by atoms with Crippen molar-refractivity contribution >= 4 is 5.91 Å². The van der Waals surface area contributed by atoms with E-state index in [4.69, 9.17) is 6.58 Å². The van der Waals surface area contributed by atoms with Gasteiger partial charge in [0.25, 0.3) is 0 Å². The van der Waals surface area contributed by atoms with Gasteiger partial charge in [-0.3, -0.25) is 4.79 Å². The zero-order valence-corrected chi connectivity index (χ0v) is 19.3. The second-order valence-corrected chi connectivity index (χ2v) is 5.23. The summed E-state index contributed by atoms with van der Waals surface area (Å²) in [7, 11) is 1.72. The van der Waals surface area contributed by atoms with Crippen molar-refractivity contribution < 1.29 is 56.2 Å². The molecular formula is C19H34KN2O-. The molecule has 0 aliphatic carbocycles. The average Bonchev–Trinajstić information content (AvgIpc) is 2.51. The molecule has 0 bridgehead atoms. The summed E-state index contributed by atoms with van der Waals surface area (Å²) in [6, 6.07) is 0. The van der Waals surface area contributed by atoms with Crippen LogP contribution < -0.4 is 62.0 Å². The van der Waals surface area contributed by atoms with E-state index in [0.29, 0.717) is 23.4 Å². The van der Waals surface area contributed by atoms with E-state index in [1.165, 1.54) is 38.5 Å². The predicted molar refractivity (Wildman–Crippen MR) is 95.9 cm³/mol. The van der Waals surface area contributed by atoms with E-state index in [-0.39, 0.29) is 57.3 Å². The van der Waals surface area contributed by atoms with Crippen LogP contribution in [0.3, 0.4) is 0 Å². The molecule has 0 unspecified atom stereocenters. The summed E-state index contributed by atoms with van der Waals surface area (Å²) in [5, 5.41) is 5.43. The maximum absolute atomic E-state index is 11.1. The van der Waals surface area contributed by atoms with Crippen LogP contribution in [0.4, 0.5) is 0 Å². The molecule has 23 heavy (non-hydrogen) atoms. The van der Waals surface area contributed by atoms with Gasteiger partial charge < -0.3 is 22.8 Å². The molecule has 0 atom stereocenters. The van der Waals surface area contributed by atoms with Crippen molar-refractivity contribution in [1.82, 2.24) is 10.6 Å². The van der Waals surface area contributed by atoms with Crippen LogP contribution in [0.1, 0.15) is 72.6 Å². The second kappa shape index (κ2) is 20.2. The number of likely N-dealkylation sites (N-methyl/N-ethyl adjacent to an activating group) is 1. The number of hydrogen-bond acceptors (Lipinski definition) is 2. The van der Waals surface area contributed by atoms with E-state index < -0.39 is 0 Å². The molecule has 0 radical (unpaired) electrons. The molecule has 0 spiro atoms. The van der Waals surface area contributed by atoms with Gasteiger partial charge in [-0.15, -0.1) is 12.6 Å². The molecule has 128 valence electrons. The number of rotatable bonds is 10. The van der Waals surface area contributed by atoms with Crippen molar-refractivity contribution in [2.24, 2.45) is 0 Å². The molecule has 0 aliphatic rings.